The summed E-state index contributed by atoms with van der Waals surface area (Å²) in [6.07, 6.45) is 0.133. The first kappa shape index (κ1) is 10.3. The van der Waals surface area contributed by atoms with Crippen LogP contribution in [0.5, 0.6) is 5.75 Å². The van der Waals surface area contributed by atoms with Crippen LogP contribution < -0.4 is 9.64 Å². The SMILES string of the molecule is COC[C@H]1CN(C)c2cccc(C)c2O1. The van der Waals surface area contributed by atoms with Crippen LogP contribution in [0.4, 0.5) is 5.69 Å². The summed E-state index contributed by atoms with van der Waals surface area (Å²) >= 11 is 0. The number of hydrogen-bond acceptors (Lipinski definition) is 3. The van der Waals surface area contributed by atoms with Crippen LogP contribution in [0.2, 0.25) is 0 Å². The molecule has 3 nitrogen and oxygen atoms in total. The van der Waals surface area contributed by atoms with Crippen LogP contribution in [0.1, 0.15) is 5.56 Å². The minimum absolute atomic E-state index is 0.133. The van der Waals surface area contributed by atoms with Crippen molar-refractivity contribution >= 4 is 5.69 Å². The van der Waals surface area contributed by atoms with Gasteiger partial charge >= 0.3 is 0 Å². The minimum Gasteiger partial charge on any atom is -0.484 e. The number of hydrogen-bond donors (Lipinski definition) is 0. The van der Waals surface area contributed by atoms with Crippen molar-refractivity contribution < 1.29 is 9.47 Å². The third kappa shape index (κ3) is 1.92. The van der Waals surface area contributed by atoms with Gasteiger partial charge < -0.3 is 14.4 Å². The quantitative estimate of drug-likeness (QED) is 0.738. The topological polar surface area (TPSA) is 21.7 Å². The van der Waals surface area contributed by atoms with E-state index >= 15 is 0 Å². The van der Waals surface area contributed by atoms with Crippen LogP contribution in [0.3, 0.4) is 0 Å². The van der Waals surface area contributed by atoms with Crippen LogP contribution in [0.25, 0.3) is 0 Å². The summed E-state index contributed by atoms with van der Waals surface area (Å²) in [7, 11) is 3.79. The molecule has 0 aromatic heterocycles. The maximum Gasteiger partial charge on any atom is 0.146 e. The van der Waals surface area contributed by atoms with Gasteiger partial charge in [0.25, 0.3) is 0 Å². The molecule has 0 aliphatic carbocycles. The summed E-state index contributed by atoms with van der Waals surface area (Å²) in [6, 6.07) is 6.22. The van der Waals surface area contributed by atoms with Gasteiger partial charge in [-0.05, 0) is 18.6 Å². The van der Waals surface area contributed by atoms with E-state index in [-0.39, 0.29) is 6.10 Å². The molecule has 0 amide bonds. The molecule has 3 heteroatoms. The molecule has 82 valence electrons. The normalized spacial score (nSPS) is 19.7. The van der Waals surface area contributed by atoms with Gasteiger partial charge in [0.05, 0.1) is 18.8 Å². The van der Waals surface area contributed by atoms with Gasteiger partial charge in [-0.1, -0.05) is 12.1 Å². The molecule has 15 heavy (non-hydrogen) atoms. The summed E-state index contributed by atoms with van der Waals surface area (Å²) in [5.41, 5.74) is 2.35. The molecule has 1 atom stereocenters. The predicted molar refractivity (Wildman–Crippen MR) is 60.7 cm³/mol. The monoisotopic (exact) mass is 207 g/mol. The zero-order chi connectivity index (χ0) is 10.8. The largest absolute Gasteiger partial charge is 0.484 e. The van der Waals surface area contributed by atoms with Crippen molar-refractivity contribution in [3.63, 3.8) is 0 Å². The lowest BCUT2D eigenvalue weighted by Crippen LogP contribution is -2.40. The number of benzene rings is 1. The third-order valence-electron chi connectivity index (χ3n) is 2.72. The van der Waals surface area contributed by atoms with Crippen molar-refractivity contribution in [1.29, 1.82) is 0 Å². The Bertz CT molecular complexity index is 351. The number of likely N-dealkylation sites (N-methyl/N-ethyl adjacent to an activating group) is 1. The second-order valence-corrected chi connectivity index (χ2v) is 4.00. The molecular weight excluding hydrogens is 190 g/mol. The Labute approximate surface area is 90.6 Å². The number of rotatable bonds is 2. The van der Waals surface area contributed by atoms with E-state index in [1.807, 2.05) is 0 Å². The number of methoxy groups -OCH3 is 1. The van der Waals surface area contributed by atoms with E-state index < -0.39 is 0 Å². The lowest BCUT2D eigenvalue weighted by atomic mass is 10.1. The maximum atomic E-state index is 5.91. The van der Waals surface area contributed by atoms with Gasteiger partial charge in [0.2, 0.25) is 0 Å². The summed E-state index contributed by atoms with van der Waals surface area (Å²) < 4.78 is 11.0. The highest BCUT2D eigenvalue weighted by atomic mass is 16.5. The number of fused-ring (bicyclic) bond motifs is 1. The van der Waals surface area contributed by atoms with Crippen LogP contribution in [-0.4, -0.2) is 33.4 Å². The van der Waals surface area contributed by atoms with Crippen LogP contribution in [-0.2, 0) is 4.74 Å². The smallest absolute Gasteiger partial charge is 0.146 e. The molecule has 2 rings (SSSR count). The van der Waals surface area contributed by atoms with E-state index in [1.54, 1.807) is 7.11 Å². The molecule has 1 aromatic carbocycles. The second-order valence-electron chi connectivity index (χ2n) is 4.00. The molecule has 1 aliphatic rings. The van der Waals surface area contributed by atoms with E-state index in [9.17, 15) is 0 Å². The van der Waals surface area contributed by atoms with E-state index in [0.29, 0.717) is 6.61 Å². The molecule has 1 heterocycles. The van der Waals surface area contributed by atoms with Crippen molar-refractivity contribution in [3.8, 4) is 5.75 Å². The molecule has 0 saturated carbocycles. The Morgan fingerprint density at radius 2 is 2.33 bits per heavy atom. The molecule has 1 aromatic rings. The van der Waals surface area contributed by atoms with Gasteiger partial charge in [-0.25, -0.2) is 0 Å². The number of nitrogens with zero attached hydrogens (tertiary/aromatic N) is 1. The van der Waals surface area contributed by atoms with Gasteiger partial charge in [0.1, 0.15) is 11.9 Å². The average Bonchev–Trinajstić information content (AvgIpc) is 2.20. The average molecular weight is 207 g/mol. The van der Waals surface area contributed by atoms with Crippen LogP contribution in [0, 0.1) is 6.92 Å². The Morgan fingerprint density at radius 1 is 1.53 bits per heavy atom. The summed E-state index contributed by atoms with van der Waals surface area (Å²) in [6.45, 7) is 3.59. The highest BCUT2D eigenvalue weighted by Crippen LogP contribution is 2.35. The minimum atomic E-state index is 0.133. The fourth-order valence-electron chi connectivity index (χ4n) is 1.97. The van der Waals surface area contributed by atoms with Gasteiger partial charge in [0, 0.05) is 14.2 Å². The fraction of sp³-hybridized carbons (Fsp3) is 0.500. The molecule has 0 fully saturated rings. The standard InChI is InChI=1S/C12H17NO2/c1-9-5-4-6-11-12(9)15-10(8-14-3)7-13(11)2/h4-6,10H,7-8H2,1-3H3/t10-/m1/s1. The van der Waals surface area contributed by atoms with Gasteiger partial charge in [-0.3, -0.25) is 0 Å². The Balaban J connectivity index is 2.29. The van der Waals surface area contributed by atoms with Gasteiger partial charge in [0.15, 0.2) is 0 Å². The molecule has 0 N–H and O–H groups in total. The second kappa shape index (κ2) is 4.11. The van der Waals surface area contributed by atoms with Crippen molar-refractivity contribution in [2.45, 2.75) is 13.0 Å². The van der Waals surface area contributed by atoms with E-state index in [0.717, 1.165) is 12.3 Å². The lowest BCUT2D eigenvalue weighted by Gasteiger charge is -2.34. The Morgan fingerprint density at radius 3 is 3.07 bits per heavy atom. The first-order valence-electron chi connectivity index (χ1n) is 5.18. The molecule has 0 spiro atoms. The van der Waals surface area contributed by atoms with Crippen molar-refractivity contribution in [2.75, 3.05) is 32.2 Å². The van der Waals surface area contributed by atoms with Gasteiger partial charge in [-0.15, -0.1) is 0 Å². The first-order valence-corrected chi connectivity index (χ1v) is 5.18. The van der Waals surface area contributed by atoms with Crippen molar-refractivity contribution in [1.82, 2.24) is 0 Å². The Kier molecular flexibility index (Phi) is 2.82. The van der Waals surface area contributed by atoms with E-state index in [1.165, 1.54) is 11.3 Å². The number of para-hydroxylation sites is 1. The summed E-state index contributed by atoms with van der Waals surface area (Å²) in [4.78, 5) is 2.22. The molecule has 0 bridgehead atoms. The molecule has 0 unspecified atom stereocenters. The predicted octanol–water partition coefficient (Wildman–Crippen LogP) is 1.84. The third-order valence-corrected chi connectivity index (χ3v) is 2.72. The van der Waals surface area contributed by atoms with Gasteiger partial charge in [-0.2, -0.15) is 0 Å². The zero-order valence-electron chi connectivity index (χ0n) is 9.49. The molecule has 0 radical (unpaired) electrons. The van der Waals surface area contributed by atoms with E-state index in [4.69, 9.17) is 9.47 Å². The zero-order valence-corrected chi connectivity index (χ0v) is 9.49. The number of aryl methyl sites for hydroxylation is 1. The highest BCUT2D eigenvalue weighted by molar-refractivity contribution is 5.62. The fourth-order valence-corrected chi connectivity index (χ4v) is 1.97. The first-order chi connectivity index (χ1) is 7.22. The van der Waals surface area contributed by atoms with E-state index in [2.05, 4.69) is 37.1 Å². The molecule has 0 saturated heterocycles. The lowest BCUT2D eigenvalue weighted by molar-refractivity contribution is 0.0796. The molecular formula is C12H17NO2. The maximum absolute atomic E-state index is 5.91. The van der Waals surface area contributed by atoms with Crippen molar-refractivity contribution in [3.05, 3.63) is 23.8 Å². The van der Waals surface area contributed by atoms with Crippen molar-refractivity contribution in [2.24, 2.45) is 0 Å². The summed E-state index contributed by atoms with van der Waals surface area (Å²) in [5.74, 6) is 0.994. The van der Waals surface area contributed by atoms with Crippen LogP contribution in [0.15, 0.2) is 18.2 Å². The number of anilines is 1. The highest BCUT2D eigenvalue weighted by Gasteiger charge is 2.24. The molecule has 1 aliphatic heterocycles. The van der Waals surface area contributed by atoms with Crippen LogP contribution >= 0.6 is 0 Å². The Hall–Kier alpha value is -1.22. The number of ether oxygens (including phenoxy) is 2. The summed E-state index contributed by atoms with van der Waals surface area (Å²) in [5, 5.41) is 0.